The number of hydrogen-bond acceptors (Lipinski definition) is 6. The van der Waals surface area contributed by atoms with E-state index in [0.29, 0.717) is 28.9 Å². The maximum absolute atomic E-state index is 13.1. The molecule has 3 aromatic rings. The average molecular weight is 457 g/mol. The Morgan fingerprint density at radius 2 is 2.03 bits per heavy atom. The standard InChI is InChI=1S/C23H28N4O2S2/c1-14(2)11-27-12-16(17-10-25-30-13-17)9-19(23(27)29)26-18-5-3-15(4-6-18)20-7-8-21(31-20)22(24)28/h7-10,12-15,18,26H,3-6,11H2,1-2H3,(H2,24,28)/t15-,18+. The number of aromatic nitrogens is 2. The first-order valence-electron chi connectivity index (χ1n) is 10.7. The van der Waals surface area contributed by atoms with Gasteiger partial charge in [0.1, 0.15) is 5.69 Å². The molecule has 0 atom stereocenters. The maximum atomic E-state index is 13.1. The number of hydrogen-bond donors (Lipinski definition) is 2. The van der Waals surface area contributed by atoms with Gasteiger partial charge in [-0.25, -0.2) is 4.37 Å². The second-order valence-corrected chi connectivity index (χ2v) is 10.4. The molecule has 31 heavy (non-hydrogen) atoms. The molecule has 3 heterocycles. The summed E-state index contributed by atoms with van der Waals surface area (Å²) in [6.07, 6.45) is 7.84. The highest BCUT2D eigenvalue weighted by atomic mass is 32.1. The first-order chi connectivity index (χ1) is 14.9. The van der Waals surface area contributed by atoms with Gasteiger partial charge in [0.25, 0.3) is 11.5 Å². The number of primary amides is 1. The van der Waals surface area contributed by atoms with Gasteiger partial charge in [0.15, 0.2) is 0 Å². The van der Waals surface area contributed by atoms with Gasteiger partial charge in [-0.05, 0) is 67.3 Å². The topological polar surface area (TPSA) is 90.0 Å². The number of nitrogens with two attached hydrogens (primary N) is 1. The fourth-order valence-electron chi connectivity index (χ4n) is 4.22. The number of pyridine rings is 1. The van der Waals surface area contributed by atoms with Gasteiger partial charge < -0.3 is 15.6 Å². The van der Waals surface area contributed by atoms with E-state index in [1.807, 2.05) is 40.5 Å². The van der Waals surface area contributed by atoms with Crippen LogP contribution in [0.15, 0.2) is 40.8 Å². The zero-order valence-corrected chi connectivity index (χ0v) is 19.5. The molecule has 164 valence electrons. The molecule has 3 N–H and O–H groups in total. The molecule has 0 spiro atoms. The first-order valence-corrected chi connectivity index (χ1v) is 12.4. The highest BCUT2D eigenvalue weighted by molar-refractivity contribution is 7.14. The second-order valence-electron chi connectivity index (χ2n) is 8.67. The summed E-state index contributed by atoms with van der Waals surface area (Å²) in [6, 6.07) is 6.09. The third-order valence-electron chi connectivity index (χ3n) is 5.77. The van der Waals surface area contributed by atoms with Crippen molar-refractivity contribution in [2.75, 3.05) is 5.32 Å². The smallest absolute Gasteiger partial charge is 0.273 e. The minimum Gasteiger partial charge on any atom is -0.378 e. The van der Waals surface area contributed by atoms with Gasteiger partial charge >= 0.3 is 0 Å². The van der Waals surface area contributed by atoms with Crippen molar-refractivity contribution >= 4 is 34.5 Å². The van der Waals surface area contributed by atoms with E-state index < -0.39 is 0 Å². The maximum Gasteiger partial charge on any atom is 0.273 e. The minimum absolute atomic E-state index is 0.0344. The molecule has 1 amide bonds. The summed E-state index contributed by atoms with van der Waals surface area (Å²) < 4.78 is 6.03. The Balaban J connectivity index is 1.49. The van der Waals surface area contributed by atoms with Crippen LogP contribution in [0.25, 0.3) is 11.1 Å². The molecule has 1 aliphatic rings. The van der Waals surface area contributed by atoms with Gasteiger partial charge in [-0.1, -0.05) is 13.8 Å². The van der Waals surface area contributed by atoms with Crippen molar-refractivity contribution in [3.63, 3.8) is 0 Å². The Bertz CT molecular complexity index is 1090. The Kier molecular flexibility index (Phi) is 6.57. The molecular formula is C23H28N4O2S2. The van der Waals surface area contributed by atoms with Crippen LogP contribution in [-0.4, -0.2) is 20.9 Å². The Morgan fingerprint density at radius 3 is 2.65 bits per heavy atom. The van der Waals surface area contributed by atoms with E-state index in [4.69, 9.17) is 5.73 Å². The number of carbonyl (C=O) groups excluding carboxylic acids is 1. The monoisotopic (exact) mass is 456 g/mol. The zero-order chi connectivity index (χ0) is 22.0. The van der Waals surface area contributed by atoms with Gasteiger partial charge in [-0.15, -0.1) is 11.3 Å². The normalized spacial score (nSPS) is 18.9. The highest BCUT2D eigenvalue weighted by Crippen LogP contribution is 2.37. The quantitative estimate of drug-likeness (QED) is 0.528. The van der Waals surface area contributed by atoms with Crippen molar-refractivity contribution < 1.29 is 4.79 Å². The van der Waals surface area contributed by atoms with Crippen molar-refractivity contribution in [3.05, 3.63) is 56.1 Å². The number of amides is 1. The van der Waals surface area contributed by atoms with Crippen LogP contribution in [0.5, 0.6) is 0 Å². The lowest BCUT2D eigenvalue weighted by atomic mass is 9.85. The van der Waals surface area contributed by atoms with Crippen LogP contribution in [-0.2, 0) is 6.54 Å². The molecule has 1 fully saturated rings. The van der Waals surface area contributed by atoms with Crippen molar-refractivity contribution in [2.45, 2.75) is 58.0 Å². The summed E-state index contributed by atoms with van der Waals surface area (Å²) in [5.74, 6) is 0.481. The number of thiophene rings is 1. The Morgan fingerprint density at radius 1 is 1.26 bits per heavy atom. The lowest BCUT2D eigenvalue weighted by Crippen LogP contribution is -2.31. The van der Waals surface area contributed by atoms with Crippen LogP contribution >= 0.6 is 22.9 Å². The number of anilines is 1. The molecule has 0 bridgehead atoms. The summed E-state index contributed by atoms with van der Waals surface area (Å²) in [4.78, 5) is 26.3. The van der Waals surface area contributed by atoms with Crippen molar-refractivity contribution in [1.82, 2.24) is 8.94 Å². The molecule has 0 aromatic carbocycles. The fourth-order valence-corrected chi connectivity index (χ4v) is 5.80. The van der Waals surface area contributed by atoms with E-state index in [9.17, 15) is 9.59 Å². The molecule has 4 rings (SSSR count). The molecule has 0 unspecified atom stereocenters. The number of carbonyl (C=O) groups is 1. The predicted octanol–water partition coefficient (Wildman–Crippen LogP) is 4.93. The summed E-state index contributed by atoms with van der Waals surface area (Å²) >= 11 is 2.93. The van der Waals surface area contributed by atoms with E-state index in [-0.39, 0.29) is 17.5 Å². The van der Waals surface area contributed by atoms with E-state index >= 15 is 0 Å². The Hall–Kier alpha value is -2.45. The molecular weight excluding hydrogens is 428 g/mol. The molecule has 1 saturated carbocycles. The zero-order valence-electron chi connectivity index (χ0n) is 17.8. The summed E-state index contributed by atoms with van der Waals surface area (Å²) in [5.41, 5.74) is 8.15. The van der Waals surface area contributed by atoms with Crippen LogP contribution in [0.1, 0.15) is 60.0 Å². The molecule has 0 radical (unpaired) electrons. The van der Waals surface area contributed by atoms with Crippen LogP contribution in [0.3, 0.4) is 0 Å². The van der Waals surface area contributed by atoms with Crippen LogP contribution in [0.4, 0.5) is 5.69 Å². The van der Waals surface area contributed by atoms with Crippen molar-refractivity contribution in [3.8, 4) is 11.1 Å². The van der Waals surface area contributed by atoms with Crippen LogP contribution in [0, 0.1) is 5.92 Å². The van der Waals surface area contributed by atoms with Crippen molar-refractivity contribution in [1.29, 1.82) is 0 Å². The van der Waals surface area contributed by atoms with Crippen molar-refractivity contribution in [2.24, 2.45) is 11.7 Å². The third kappa shape index (κ3) is 5.07. The van der Waals surface area contributed by atoms with E-state index in [1.54, 1.807) is 0 Å². The van der Waals surface area contributed by atoms with E-state index in [2.05, 4.69) is 23.5 Å². The number of nitrogens with one attached hydrogen (secondary N) is 1. The van der Waals surface area contributed by atoms with Crippen LogP contribution < -0.4 is 16.6 Å². The van der Waals surface area contributed by atoms with Gasteiger partial charge in [0.05, 0.1) is 4.88 Å². The number of rotatable bonds is 7. The molecule has 3 aromatic heterocycles. The molecule has 6 nitrogen and oxygen atoms in total. The van der Waals surface area contributed by atoms with E-state index in [0.717, 1.165) is 36.8 Å². The van der Waals surface area contributed by atoms with E-state index in [1.165, 1.54) is 27.7 Å². The summed E-state index contributed by atoms with van der Waals surface area (Å²) in [7, 11) is 0. The van der Waals surface area contributed by atoms with Gasteiger partial charge in [0.2, 0.25) is 0 Å². The molecule has 1 aliphatic carbocycles. The van der Waals surface area contributed by atoms with Gasteiger partial charge in [-0.2, -0.15) is 0 Å². The summed E-state index contributed by atoms with van der Waals surface area (Å²) in [6.45, 7) is 4.92. The largest absolute Gasteiger partial charge is 0.378 e. The first kappa shape index (κ1) is 21.8. The second kappa shape index (κ2) is 9.36. The lowest BCUT2D eigenvalue weighted by Gasteiger charge is -2.29. The predicted molar refractivity (Wildman–Crippen MR) is 128 cm³/mol. The van der Waals surface area contributed by atoms with Crippen LogP contribution in [0.2, 0.25) is 0 Å². The Labute approximate surface area is 190 Å². The van der Waals surface area contributed by atoms with Gasteiger partial charge in [0, 0.05) is 46.4 Å². The third-order valence-corrected chi connectivity index (χ3v) is 7.62. The molecule has 0 aliphatic heterocycles. The summed E-state index contributed by atoms with van der Waals surface area (Å²) in [5, 5.41) is 5.55. The number of nitrogens with zero attached hydrogens (tertiary/aromatic N) is 2. The minimum atomic E-state index is -0.356. The average Bonchev–Trinajstić information content (AvgIpc) is 3.43. The highest BCUT2D eigenvalue weighted by Gasteiger charge is 2.25. The lowest BCUT2D eigenvalue weighted by molar-refractivity contribution is 0.100. The fraction of sp³-hybridized carbons (Fsp3) is 0.435. The molecule has 8 heteroatoms. The van der Waals surface area contributed by atoms with Gasteiger partial charge in [-0.3, -0.25) is 9.59 Å². The SMILES string of the molecule is CC(C)Cn1cc(-c2cnsc2)cc(N[C@H]2CC[C@@H](c3ccc(C(N)=O)s3)CC2)c1=O. The molecule has 0 saturated heterocycles.